The van der Waals surface area contributed by atoms with Crippen molar-refractivity contribution in [2.24, 2.45) is 7.05 Å². The minimum Gasteiger partial charge on any atom is -0.378 e. The van der Waals surface area contributed by atoms with Gasteiger partial charge in [-0.25, -0.2) is 8.70 Å². The van der Waals surface area contributed by atoms with Gasteiger partial charge in [-0.15, -0.1) is 5.10 Å². The number of nitrogens with one attached hydrogen (secondary N) is 2. The van der Waals surface area contributed by atoms with Crippen molar-refractivity contribution in [2.45, 2.75) is 24.0 Å². The zero-order valence-electron chi connectivity index (χ0n) is 19.2. The highest BCUT2D eigenvalue weighted by molar-refractivity contribution is 7.97. The molecule has 2 aliphatic heterocycles. The van der Waals surface area contributed by atoms with Crippen LogP contribution >= 0.6 is 11.9 Å². The van der Waals surface area contributed by atoms with Crippen molar-refractivity contribution in [1.82, 2.24) is 24.2 Å². The van der Waals surface area contributed by atoms with Crippen LogP contribution in [0.25, 0.3) is 0 Å². The molecule has 0 amide bonds. The number of anilines is 2. The molecule has 34 heavy (non-hydrogen) atoms. The maximum atomic E-state index is 13.3. The Bertz CT molecular complexity index is 1160. The molecule has 2 N–H and O–H groups in total. The Hall–Kier alpha value is -2.79. The van der Waals surface area contributed by atoms with E-state index in [1.54, 1.807) is 35.1 Å². The van der Waals surface area contributed by atoms with Gasteiger partial charge in [0, 0.05) is 55.9 Å². The highest BCUT2D eigenvalue weighted by Crippen LogP contribution is 2.37. The van der Waals surface area contributed by atoms with Crippen LogP contribution in [0.15, 0.2) is 47.6 Å². The van der Waals surface area contributed by atoms with Gasteiger partial charge in [0.05, 0.1) is 25.5 Å². The molecule has 1 aromatic heterocycles. The minimum atomic E-state index is -0.273. The van der Waals surface area contributed by atoms with Crippen LogP contribution in [0.4, 0.5) is 15.8 Å². The van der Waals surface area contributed by atoms with E-state index in [1.165, 1.54) is 23.9 Å². The van der Waals surface area contributed by atoms with Crippen molar-refractivity contribution in [1.29, 1.82) is 5.41 Å². The van der Waals surface area contributed by atoms with Crippen molar-refractivity contribution >= 4 is 29.5 Å². The third-order valence-electron chi connectivity index (χ3n) is 6.35. The molecule has 0 saturated carbocycles. The van der Waals surface area contributed by atoms with Gasteiger partial charge in [0.1, 0.15) is 5.82 Å². The Morgan fingerprint density at radius 3 is 2.65 bits per heavy atom. The maximum Gasteiger partial charge on any atom is 0.153 e. The number of halogens is 1. The number of hydrogen-bond donors (Lipinski definition) is 2. The van der Waals surface area contributed by atoms with E-state index in [0.717, 1.165) is 60.4 Å². The fourth-order valence-electron chi connectivity index (χ4n) is 4.50. The second kappa shape index (κ2) is 9.83. The quantitative estimate of drug-likeness (QED) is 0.393. The standard InChI is InChI=1S/C24H28FN7OS/c1-16-9-22(28-19-5-3-18(25)4-6-19)17(11-26)10-21(16)23-13-31(34-24-12-27-30(2)29-24)7-8-32(23)20-14-33-15-20/h3-6,9-12,20,23,26,28H,7-8,13-15H2,1-2H3. The molecule has 3 heterocycles. The number of rotatable bonds is 7. The van der Waals surface area contributed by atoms with Gasteiger partial charge in [0.15, 0.2) is 5.03 Å². The molecule has 0 aliphatic carbocycles. The summed E-state index contributed by atoms with van der Waals surface area (Å²) in [7, 11) is 1.82. The number of ether oxygens (including phenoxy) is 1. The first-order chi connectivity index (χ1) is 16.5. The van der Waals surface area contributed by atoms with Crippen molar-refractivity contribution in [2.75, 3.05) is 38.2 Å². The SMILES string of the molecule is Cc1cc(Nc2ccc(F)cc2)c(C=N)cc1C1CN(Sc2cnn(C)n2)CCN1C1COC1. The summed E-state index contributed by atoms with van der Waals surface area (Å²) in [6.07, 6.45) is 3.17. The number of benzene rings is 2. The lowest BCUT2D eigenvalue weighted by Gasteiger charge is -2.47. The highest BCUT2D eigenvalue weighted by atomic mass is 32.2. The third-order valence-corrected chi connectivity index (χ3v) is 7.32. The molecule has 1 atom stereocenters. The van der Waals surface area contributed by atoms with Gasteiger partial charge in [-0.3, -0.25) is 4.90 Å². The van der Waals surface area contributed by atoms with E-state index < -0.39 is 0 Å². The Balaban J connectivity index is 1.42. The van der Waals surface area contributed by atoms with Gasteiger partial charge in [-0.05, 0) is 66.4 Å². The van der Waals surface area contributed by atoms with Crippen molar-refractivity contribution < 1.29 is 9.13 Å². The first-order valence-electron chi connectivity index (χ1n) is 11.3. The highest BCUT2D eigenvalue weighted by Gasteiger charge is 2.37. The summed E-state index contributed by atoms with van der Waals surface area (Å²) in [5.74, 6) is -0.273. The van der Waals surface area contributed by atoms with Crippen molar-refractivity contribution in [3.8, 4) is 0 Å². The molecule has 5 rings (SSSR count). The van der Waals surface area contributed by atoms with E-state index in [4.69, 9.17) is 10.1 Å². The molecule has 2 aliphatic rings. The molecule has 10 heteroatoms. The van der Waals surface area contributed by atoms with Gasteiger partial charge >= 0.3 is 0 Å². The fourth-order valence-corrected chi connectivity index (χ4v) is 5.40. The minimum absolute atomic E-state index is 0.172. The first kappa shape index (κ1) is 23.0. The maximum absolute atomic E-state index is 13.3. The lowest BCUT2D eigenvalue weighted by Crippen LogP contribution is -2.56. The van der Waals surface area contributed by atoms with Crippen LogP contribution in [-0.4, -0.2) is 69.3 Å². The van der Waals surface area contributed by atoms with Crippen LogP contribution in [0.1, 0.15) is 22.7 Å². The summed E-state index contributed by atoms with van der Waals surface area (Å²) in [6.45, 7) is 6.32. The molecule has 0 radical (unpaired) electrons. The Morgan fingerprint density at radius 2 is 2.00 bits per heavy atom. The van der Waals surface area contributed by atoms with Gasteiger partial charge in [0.2, 0.25) is 0 Å². The first-order valence-corrected chi connectivity index (χ1v) is 12.1. The molecule has 3 aromatic rings. The van der Waals surface area contributed by atoms with E-state index in [2.05, 4.69) is 43.8 Å². The lowest BCUT2D eigenvalue weighted by atomic mass is 9.93. The molecule has 8 nitrogen and oxygen atoms in total. The topological polar surface area (TPSA) is 82.3 Å². The number of nitrogens with zero attached hydrogens (tertiary/aromatic N) is 5. The van der Waals surface area contributed by atoms with Gasteiger partial charge in [-0.1, -0.05) is 0 Å². The van der Waals surface area contributed by atoms with E-state index in [9.17, 15) is 4.39 Å². The predicted octanol–water partition coefficient (Wildman–Crippen LogP) is 3.77. The van der Waals surface area contributed by atoms with Crippen LogP contribution in [0.3, 0.4) is 0 Å². The number of piperazine rings is 1. The third kappa shape index (κ3) is 4.85. The van der Waals surface area contributed by atoms with Gasteiger partial charge in [0.25, 0.3) is 0 Å². The summed E-state index contributed by atoms with van der Waals surface area (Å²) < 4.78 is 21.2. The Labute approximate surface area is 202 Å². The lowest BCUT2D eigenvalue weighted by molar-refractivity contribution is -0.0906. The monoisotopic (exact) mass is 481 g/mol. The molecule has 2 aromatic carbocycles. The van der Waals surface area contributed by atoms with Crippen molar-refractivity contribution in [3.63, 3.8) is 0 Å². The van der Waals surface area contributed by atoms with Crippen LogP contribution in [0, 0.1) is 18.2 Å². The van der Waals surface area contributed by atoms with Gasteiger partial charge in [-0.2, -0.15) is 9.90 Å². The molecule has 178 valence electrons. The largest absolute Gasteiger partial charge is 0.378 e. The molecule has 0 bridgehead atoms. The molecular formula is C24H28FN7OS. The summed E-state index contributed by atoms with van der Waals surface area (Å²) in [5, 5.41) is 20.9. The Kier molecular flexibility index (Phi) is 6.64. The van der Waals surface area contributed by atoms with Gasteiger partial charge < -0.3 is 15.5 Å². The molecule has 0 spiro atoms. The van der Waals surface area contributed by atoms with Crippen LogP contribution in [-0.2, 0) is 11.8 Å². The van der Waals surface area contributed by atoms with Crippen LogP contribution < -0.4 is 5.32 Å². The number of aryl methyl sites for hydroxylation is 2. The molecule has 1 unspecified atom stereocenters. The van der Waals surface area contributed by atoms with Crippen LogP contribution in [0.5, 0.6) is 0 Å². The Morgan fingerprint density at radius 1 is 1.21 bits per heavy atom. The number of hydrogen-bond acceptors (Lipinski definition) is 8. The summed E-state index contributed by atoms with van der Waals surface area (Å²) >= 11 is 1.64. The summed E-state index contributed by atoms with van der Waals surface area (Å²) in [5.41, 5.74) is 4.78. The second-order valence-corrected chi connectivity index (χ2v) is 9.79. The molecular weight excluding hydrogens is 453 g/mol. The normalized spacial score (nSPS) is 19.7. The van der Waals surface area contributed by atoms with Crippen LogP contribution in [0.2, 0.25) is 0 Å². The van der Waals surface area contributed by atoms with Crippen molar-refractivity contribution in [3.05, 3.63) is 65.1 Å². The summed E-state index contributed by atoms with van der Waals surface area (Å²) in [4.78, 5) is 4.12. The average molecular weight is 482 g/mol. The van der Waals surface area contributed by atoms with E-state index >= 15 is 0 Å². The van der Waals surface area contributed by atoms with E-state index in [1.807, 2.05) is 7.05 Å². The zero-order chi connectivity index (χ0) is 23.7. The second-order valence-electron chi connectivity index (χ2n) is 8.67. The predicted molar refractivity (Wildman–Crippen MR) is 131 cm³/mol. The molecule has 2 fully saturated rings. The summed E-state index contributed by atoms with van der Waals surface area (Å²) in [6, 6.07) is 11.0. The number of aromatic nitrogens is 3. The fraction of sp³-hybridized carbons (Fsp3) is 0.375. The van der Waals surface area contributed by atoms with E-state index in [0.29, 0.717) is 6.04 Å². The molecule has 2 saturated heterocycles. The van der Waals surface area contributed by atoms with E-state index in [-0.39, 0.29) is 11.9 Å². The zero-order valence-corrected chi connectivity index (χ0v) is 20.1. The average Bonchev–Trinajstić information content (AvgIpc) is 3.20. The smallest absolute Gasteiger partial charge is 0.153 e.